The zero-order valence-electron chi connectivity index (χ0n) is 11.2. The highest BCUT2D eigenvalue weighted by Crippen LogP contribution is 2.06. The van der Waals surface area contributed by atoms with Gasteiger partial charge in [-0.15, -0.1) is 0 Å². The Morgan fingerprint density at radius 2 is 1.28 bits per heavy atom. The van der Waals surface area contributed by atoms with Gasteiger partial charge in [-0.05, 0) is 44.2 Å². The van der Waals surface area contributed by atoms with Crippen LogP contribution < -0.4 is 0 Å². The second-order valence-electron chi connectivity index (χ2n) is 4.83. The average molecular weight is 241 g/mol. The SMILES string of the molecule is Cc1ccc(CN(C)Cc2ccc(C)cn2)nc1. The average Bonchev–Trinajstić information content (AvgIpc) is 2.35. The summed E-state index contributed by atoms with van der Waals surface area (Å²) in [5.74, 6) is 0. The van der Waals surface area contributed by atoms with Crippen LogP contribution in [0.4, 0.5) is 0 Å². The highest BCUT2D eigenvalue weighted by atomic mass is 15.1. The molecule has 3 nitrogen and oxygen atoms in total. The molecule has 0 amide bonds. The van der Waals surface area contributed by atoms with E-state index in [4.69, 9.17) is 0 Å². The second-order valence-corrected chi connectivity index (χ2v) is 4.83. The molecule has 0 aliphatic heterocycles. The van der Waals surface area contributed by atoms with Crippen molar-refractivity contribution in [3.63, 3.8) is 0 Å². The molecule has 2 aromatic rings. The molecule has 2 rings (SSSR count). The van der Waals surface area contributed by atoms with Gasteiger partial charge < -0.3 is 0 Å². The minimum absolute atomic E-state index is 0.843. The van der Waals surface area contributed by atoms with E-state index in [0.29, 0.717) is 0 Å². The van der Waals surface area contributed by atoms with E-state index in [-0.39, 0.29) is 0 Å². The fourth-order valence-electron chi connectivity index (χ4n) is 1.79. The number of aromatic nitrogens is 2. The summed E-state index contributed by atoms with van der Waals surface area (Å²) in [5.41, 5.74) is 4.58. The summed E-state index contributed by atoms with van der Waals surface area (Å²) >= 11 is 0. The molecule has 0 N–H and O–H groups in total. The predicted octanol–water partition coefficient (Wildman–Crippen LogP) is 2.73. The van der Waals surface area contributed by atoms with Crippen molar-refractivity contribution in [1.29, 1.82) is 0 Å². The number of hydrogen-bond donors (Lipinski definition) is 0. The maximum atomic E-state index is 4.41. The van der Waals surface area contributed by atoms with Crippen molar-refractivity contribution in [2.24, 2.45) is 0 Å². The Kier molecular flexibility index (Phi) is 4.05. The third-order valence-corrected chi connectivity index (χ3v) is 2.81. The van der Waals surface area contributed by atoms with Crippen LogP contribution in [0.3, 0.4) is 0 Å². The fourth-order valence-corrected chi connectivity index (χ4v) is 1.79. The largest absolute Gasteiger partial charge is 0.295 e. The minimum Gasteiger partial charge on any atom is -0.295 e. The van der Waals surface area contributed by atoms with Gasteiger partial charge in [-0.2, -0.15) is 0 Å². The van der Waals surface area contributed by atoms with Gasteiger partial charge in [0, 0.05) is 25.5 Å². The molecule has 3 heteroatoms. The van der Waals surface area contributed by atoms with Gasteiger partial charge in [0.1, 0.15) is 0 Å². The molecule has 0 unspecified atom stereocenters. The number of pyridine rings is 2. The third-order valence-electron chi connectivity index (χ3n) is 2.81. The van der Waals surface area contributed by atoms with Gasteiger partial charge in [-0.1, -0.05) is 12.1 Å². The lowest BCUT2D eigenvalue weighted by Crippen LogP contribution is -2.18. The first-order chi connectivity index (χ1) is 8.63. The maximum absolute atomic E-state index is 4.41. The van der Waals surface area contributed by atoms with Crippen molar-refractivity contribution in [3.05, 3.63) is 59.2 Å². The predicted molar refractivity (Wildman–Crippen MR) is 73.1 cm³/mol. The van der Waals surface area contributed by atoms with Crippen LogP contribution in [0.2, 0.25) is 0 Å². The first-order valence-corrected chi connectivity index (χ1v) is 6.15. The van der Waals surface area contributed by atoms with Crippen LogP contribution in [-0.2, 0) is 13.1 Å². The Morgan fingerprint density at radius 3 is 1.61 bits per heavy atom. The van der Waals surface area contributed by atoms with Crippen LogP contribution in [0.25, 0.3) is 0 Å². The third kappa shape index (κ3) is 3.64. The molecule has 0 fully saturated rings. The summed E-state index contributed by atoms with van der Waals surface area (Å²) in [5, 5.41) is 0. The van der Waals surface area contributed by atoms with Gasteiger partial charge in [0.15, 0.2) is 0 Å². The summed E-state index contributed by atoms with van der Waals surface area (Å²) in [6, 6.07) is 8.35. The van der Waals surface area contributed by atoms with Crippen LogP contribution in [0.5, 0.6) is 0 Å². The number of rotatable bonds is 4. The topological polar surface area (TPSA) is 29.0 Å². The van der Waals surface area contributed by atoms with Gasteiger partial charge >= 0.3 is 0 Å². The van der Waals surface area contributed by atoms with E-state index < -0.39 is 0 Å². The molecule has 0 saturated carbocycles. The summed E-state index contributed by atoms with van der Waals surface area (Å²) in [6.07, 6.45) is 3.82. The van der Waals surface area contributed by atoms with Gasteiger partial charge in [-0.25, -0.2) is 0 Å². The molecule has 2 heterocycles. The Morgan fingerprint density at radius 1 is 0.833 bits per heavy atom. The molecule has 0 bridgehead atoms. The zero-order valence-corrected chi connectivity index (χ0v) is 11.2. The van der Waals surface area contributed by atoms with Gasteiger partial charge in [0.25, 0.3) is 0 Å². The Balaban J connectivity index is 1.94. The standard InChI is InChI=1S/C15H19N3/c1-12-4-6-14(16-8-12)10-18(3)11-15-7-5-13(2)9-17-15/h4-9H,10-11H2,1-3H3. The first kappa shape index (κ1) is 12.7. The maximum Gasteiger partial charge on any atom is 0.0544 e. The molecule has 0 atom stereocenters. The lowest BCUT2D eigenvalue weighted by Gasteiger charge is -2.15. The summed E-state index contributed by atoms with van der Waals surface area (Å²) in [7, 11) is 2.09. The molecule has 0 aliphatic carbocycles. The summed E-state index contributed by atoms with van der Waals surface area (Å²) in [6.45, 7) is 5.79. The van der Waals surface area contributed by atoms with E-state index in [1.54, 1.807) is 0 Å². The Bertz CT molecular complexity index is 441. The van der Waals surface area contributed by atoms with E-state index in [9.17, 15) is 0 Å². The smallest absolute Gasteiger partial charge is 0.0544 e. The summed E-state index contributed by atoms with van der Waals surface area (Å²) < 4.78 is 0. The fraction of sp³-hybridized carbons (Fsp3) is 0.333. The van der Waals surface area contributed by atoms with Crippen LogP contribution in [0.15, 0.2) is 36.7 Å². The van der Waals surface area contributed by atoms with Crippen molar-refractivity contribution in [2.45, 2.75) is 26.9 Å². The Hall–Kier alpha value is -1.74. The van der Waals surface area contributed by atoms with Crippen LogP contribution >= 0.6 is 0 Å². The molecule has 0 aromatic carbocycles. The summed E-state index contributed by atoms with van der Waals surface area (Å²) in [4.78, 5) is 11.0. The van der Waals surface area contributed by atoms with Crippen LogP contribution in [0.1, 0.15) is 22.5 Å². The van der Waals surface area contributed by atoms with Crippen molar-refractivity contribution < 1.29 is 0 Å². The monoisotopic (exact) mass is 241 g/mol. The number of aryl methyl sites for hydroxylation is 2. The van der Waals surface area contributed by atoms with E-state index in [1.165, 1.54) is 11.1 Å². The molecule has 0 saturated heterocycles. The van der Waals surface area contributed by atoms with Crippen molar-refractivity contribution in [1.82, 2.24) is 14.9 Å². The van der Waals surface area contributed by atoms with Crippen molar-refractivity contribution in [2.75, 3.05) is 7.05 Å². The molecule has 2 aromatic heterocycles. The minimum atomic E-state index is 0.843. The normalized spacial score (nSPS) is 10.9. The number of hydrogen-bond acceptors (Lipinski definition) is 3. The zero-order chi connectivity index (χ0) is 13.0. The molecule has 18 heavy (non-hydrogen) atoms. The second kappa shape index (κ2) is 5.74. The molecule has 0 radical (unpaired) electrons. The molecule has 0 spiro atoms. The molecule has 0 aliphatic rings. The van der Waals surface area contributed by atoms with E-state index >= 15 is 0 Å². The molecular formula is C15H19N3. The first-order valence-electron chi connectivity index (χ1n) is 6.15. The lowest BCUT2D eigenvalue weighted by molar-refractivity contribution is 0.311. The quantitative estimate of drug-likeness (QED) is 0.824. The van der Waals surface area contributed by atoms with Crippen molar-refractivity contribution in [3.8, 4) is 0 Å². The number of nitrogens with zero attached hydrogens (tertiary/aromatic N) is 3. The van der Waals surface area contributed by atoms with E-state index in [1.807, 2.05) is 12.4 Å². The van der Waals surface area contributed by atoms with Crippen molar-refractivity contribution >= 4 is 0 Å². The van der Waals surface area contributed by atoms with Gasteiger partial charge in [0.2, 0.25) is 0 Å². The lowest BCUT2D eigenvalue weighted by atomic mass is 10.2. The molecular weight excluding hydrogens is 222 g/mol. The van der Waals surface area contributed by atoms with Crippen LogP contribution in [0, 0.1) is 13.8 Å². The molecule has 94 valence electrons. The van der Waals surface area contributed by atoms with E-state index in [2.05, 4.69) is 60.0 Å². The highest BCUT2D eigenvalue weighted by molar-refractivity contribution is 5.13. The van der Waals surface area contributed by atoms with Gasteiger partial charge in [-0.3, -0.25) is 14.9 Å². The van der Waals surface area contributed by atoms with E-state index in [0.717, 1.165) is 24.5 Å². The van der Waals surface area contributed by atoms with Gasteiger partial charge in [0.05, 0.1) is 11.4 Å². The van der Waals surface area contributed by atoms with Crippen LogP contribution in [-0.4, -0.2) is 21.9 Å². The highest BCUT2D eigenvalue weighted by Gasteiger charge is 2.03. The Labute approximate surface area is 109 Å².